The zero-order valence-corrected chi connectivity index (χ0v) is 34.7. The van der Waals surface area contributed by atoms with Crippen LogP contribution in [0.15, 0.2) is 70.9 Å². The van der Waals surface area contributed by atoms with Crippen molar-refractivity contribution in [2.75, 3.05) is 13.2 Å². The number of aryl methyl sites for hydroxylation is 1. The smallest absolute Gasteiger partial charge is 0.122 e. The largest absolute Gasteiger partial charge is 0.494 e. The average molecular weight is 725 g/mol. The summed E-state index contributed by atoms with van der Waals surface area (Å²) in [5, 5.41) is 9.49. The molecule has 0 heterocycles. The highest BCUT2D eigenvalue weighted by Gasteiger charge is 2.14. The van der Waals surface area contributed by atoms with Crippen molar-refractivity contribution in [2.45, 2.75) is 188 Å². The lowest BCUT2D eigenvalue weighted by Crippen LogP contribution is -2.03. The second kappa shape index (κ2) is 28.3. The minimum Gasteiger partial charge on any atom is -0.494 e. The fraction of sp³-hybridized carbons (Fsp3) is 0.633. The number of ether oxygens (including phenoxy) is 2. The van der Waals surface area contributed by atoms with Crippen molar-refractivity contribution in [3.8, 4) is 22.6 Å². The second-order valence-electron chi connectivity index (χ2n) is 15.4. The van der Waals surface area contributed by atoms with E-state index in [-0.39, 0.29) is 0 Å². The zero-order valence-electron chi connectivity index (χ0n) is 34.7. The first kappa shape index (κ1) is 44.3. The molecule has 0 N–H and O–H groups in total. The van der Waals surface area contributed by atoms with E-state index in [1.807, 2.05) is 0 Å². The Kier molecular flexibility index (Phi) is 23.7. The molecule has 0 fully saturated rings. The molecule has 0 aromatic heterocycles. The molecule has 0 radical (unpaired) electrons. The topological polar surface area (TPSA) is 43.2 Å². The van der Waals surface area contributed by atoms with Gasteiger partial charge in [-0.05, 0) is 96.3 Å². The predicted octanol–water partition coefficient (Wildman–Crippen LogP) is 16.8. The van der Waals surface area contributed by atoms with Crippen LogP contribution in [0, 0.1) is 0 Å². The van der Waals surface area contributed by atoms with Crippen molar-refractivity contribution in [1.29, 1.82) is 0 Å². The summed E-state index contributed by atoms with van der Waals surface area (Å²) in [5.41, 5.74) is 6.82. The van der Waals surface area contributed by atoms with Crippen LogP contribution in [-0.2, 0) is 6.42 Å². The van der Waals surface area contributed by atoms with Gasteiger partial charge in [-0.3, -0.25) is 0 Å². The lowest BCUT2D eigenvalue weighted by Gasteiger charge is -2.18. The van der Waals surface area contributed by atoms with Crippen LogP contribution < -0.4 is 9.47 Å². The van der Waals surface area contributed by atoms with Gasteiger partial charge in [-0.15, -0.1) is 0 Å². The molecule has 0 spiro atoms. The molecule has 0 aliphatic rings. The Balaban J connectivity index is 1.55. The highest BCUT2D eigenvalue weighted by atomic mass is 16.5. The molecule has 0 amide bonds. The molecule has 0 saturated heterocycles. The van der Waals surface area contributed by atoms with Gasteiger partial charge in [-0.25, -0.2) is 0 Å². The normalized spacial score (nSPS) is 12.1. The van der Waals surface area contributed by atoms with Crippen molar-refractivity contribution in [1.82, 2.24) is 0 Å². The van der Waals surface area contributed by atoms with Crippen molar-refractivity contribution in [2.24, 2.45) is 10.2 Å². The number of nitrogens with zero attached hydrogens (tertiary/aromatic N) is 2. The highest BCUT2D eigenvalue weighted by molar-refractivity contribution is 5.70. The van der Waals surface area contributed by atoms with E-state index in [0.717, 1.165) is 68.2 Å². The Hall–Kier alpha value is -3.14. The van der Waals surface area contributed by atoms with Crippen molar-refractivity contribution < 1.29 is 9.47 Å². The van der Waals surface area contributed by atoms with Crippen LogP contribution in [0.5, 0.6) is 11.5 Å². The maximum absolute atomic E-state index is 6.46. The molecule has 53 heavy (non-hydrogen) atoms. The van der Waals surface area contributed by atoms with E-state index >= 15 is 0 Å². The van der Waals surface area contributed by atoms with Gasteiger partial charge in [0.05, 0.1) is 24.6 Å². The van der Waals surface area contributed by atoms with Crippen LogP contribution in [0.3, 0.4) is 0 Å². The summed E-state index contributed by atoms with van der Waals surface area (Å²) in [6.45, 7) is 12.9. The van der Waals surface area contributed by atoms with E-state index in [4.69, 9.17) is 19.7 Å². The van der Waals surface area contributed by atoms with E-state index in [9.17, 15) is 0 Å². The lowest BCUT2D eigenvalue weighted by atomic mass is 9.93. The summed E-state index contributed by atoms with van der Waals surface area (Å²) in [7, 11) is 0. The Labute approximate surface area is 326 Å². The first-order chi connectivity index (χ1) is 26.1. The summed E-state index contributed by atoms with van der Waals surface area (Å²) in [4.78, 5) is 0. The number of benzene rings is 3. The monoisotopic (exact) mass is 725 g/mol. The maximum Gasteiger partial charge on any atom is 0.122 e. The predicted molar refractivity (Wildman–Crippen MR) is 230 cm³/mol. The third-order valence-corrected chi connectivity index (χ3v) is 10.6. The first-order valence-corrected chi connectivity index (χ1v) is 22.1. The van der Waals surface area contributed by atoms with E-state index in [0.29, 0.717) is 5.92 Å². The third-order valence-electron chi connectivity index (χ3n) is 10.6. The molecular weight excluding hydrogens is 649 g/mol. The van der Waals surface area contributed by atoms with Gasteiger partial charge >= 0.3 is 0 Å². The number of rotatable bonds is 31. The Morgan fingerprint density at radius 3 is 1.62 bits per heavy atom. The van der Waals surface area contributed by atoms with Crippen LogP contribution in [0.2, 0.25) is 0 Å². The SMILES string of the molecule is CCCCCCCCCCCCCCCCOc1ccc(N=Nc2ccc(-c3ccc(OCCCC)cc3)c(CCC)c2)cc1C(C)CCCCCC. The Morgan fingerprint density at radius 1 is 0.491 bits per heavy atom. The Bertz CT molecular complexity index is 1380. The molecule has 4 nitrogen and oxygen atoms in total. The minimum absolute atomic E-state index is 0.423. The number of hydrogen-bond acceptors (Lipinski definition) is 4. The molecule has 1 atom stereocenters. The van der Waals surface area contributed by atoms with Gasteiger partial charge in [0.2, 0.25) is 0 Å². The van der Waals surface area contributed by atoms with E-state index in [1.165, 1.54) is 138 Å². The van der Waals surface area contributed by atoms with Crippen LogP contribution in [-0.4, -0.2) is 13.2 Å². The third kappa shape index (κ3) is 18.2. The fourth-order valence-corrected chi connectivity index (χ4v) is 7.21. The molecule has 0 aliphatic heterocycles. The average Bonchev–Trinajstić information content (AvgIpc) is 3.18. The first-order valence-electron chi connectivity index (χ1n) is 22.1. The van der Waals surface area contributed by atoms with Crippen LogP contribution >= 0.6 is 0 Å². The van der Waals surface area contributed by atoms with Gasteiger partial charge in [0, 0.05) is 0 Å². The molecule has 294 valence electrons. The summed E-state index contributed by atoms with van der Waals surface area (Å²) in [6.07, 6.45) is 29.8. The van der Waals surface area contributed by atoms with Gasteiger partial charge in [0.15, 0.2) is 0 Å². The van der Waals surface area contributed by atoms with Crippen LogP contribution in [0.4, 0.5) is 11.4 Å². The molecule has 3 rings (SSSR count). The summed E-state index contributed by atoms with van der Waals surface area (Å²) in [5.74, 6) is 2.38. The summed E-state index contributed by atoms with van der Waals surface area (Å²) in [6, 6.07) is 21.4. The van der Waals surface area contributed by atoms with Crippen LogP contribution in [0.1, 0.15) is 193 Å². The molecule has 3 aromatic rings. The van der Waals surface area contributed by atoms with Crippen molar-refractivity contribution in [3.05, 3.63) is 71.8 Å². The van der Waals surface area contributed by atoms with Crippen molar-refractivity contribution in [3.63, 3.8) is 0 Å². The van der Waals surface area contributed by atoms with Crippen LogP contribution in [0.25, 0.3) is 11.1 Å². The van der Waals surface area contributed by atoms with E-state index < -0.39 is 0 Å². The quantitative estimate of drug-likeness (QED) is 0.0490. The van der Waals surface area contributed by atoms with Gasteiger partial charge in [0.1, 0.15) is 11.5 Å². The minimum atomic E-state index is 0.423. The molecule has 0 bridgehead atoms. The van der Waals surface area contributed by atoms with Gasteiger partial charge < -0.3 is 9.47 Å². The Morgan fingerprint density at radius 2 is 1.02 bits per heavy atom. The fourth-order valence-electron chi connectivity index (χ4n) is 7.21. The molecule has 0 saturated carbocycles. The summed E-state index contributed by atoms with van der Waals surface area (Å²) >= 11 is 0. The van der Waals surface area contributed by atoms with E-state index in [2.05, 4.69) is 95.3 Å². The number of unbranched alkanes of at least 4 members (excludes halogenated alkanes) is 17. The molecule has 4 heteroatoms. The molecule has 0 aliphatic carbocycles. The van der Waals surface area contributed by atoms with Gasteiger partial charge in [-0.1, -0.05) is 175 Å². The van der Waals surface area contributed by atoms with Gasteiger partial charge in [0.25, 0.3) is 0 Å². The zero-order chi connectivity index (χ0) is 37.8. The second-order valence-corrected chi connectivity index (χ2v) is 15.4. The standard InChI is InChI=1S/C49H76N2O2/c1-6-10-13-15-16-17-18-19-20-21-22-23-24-26-38-53-49-36-32-45(40-48(49)41(5)28-25-14-11-7-2)51-50-44-31-35-47(43(39-44)27-9-4)42-29-33-46(34-30-42)52-37-12-8-3/h29-36,39-41H,6-28,37-38H2,1-5H3. The molecule has 1 unspecified atom stereocenters. The maximum atomic E-state index is 6.46. The summed E-state index contributed by atoms with van der Waals surface area (Å²) < 4.78 is 12.4. The number of hydrogen-bond donors (Lipinski definition) is 0. The lowest BCUT2D eigenvalue weighted by molar-refractivity contribution is 0.299. The molecular formula is C49H76N2O2. The van der Waals surface area contributed by atoms with Crippen molar-refractivity contribution >= 4 is 11.4 Å². The number of azo groups is 1. The van der Waals surface area contributed by atoms with E-state index in [1.54, 1.807) is 0 Å². The van der Waals surface area contributed by atoms with Gasteiger partial charge in [-0.2, -0.15) is 10.2 Å². The highest BCUT2D eigenvalue weighted by Crippen LogP contribution is 2.35. The molecule has 3 aromatic carbocycles.